The number of nitrogens with zero attached hydrogens (tertiary/aromatic N) is 1. The van der Waals surface area contributed by atoms with Crippen molar-refractivity contribution in [1.82, 2.24) is 4.98 Å². The second-order valence-electron chi connectivity index (χ2n) is 7.51. The molecule has 0 saturated carbocycles. The van der Waals surface area contributed by atoms with Crippen LogP contribution >= 0.6 is 11.3 Å². The molecule has 2 N–H and O–H groups in total. The summed E-state index contributed by atoms with van der Waals surface area (Å²) in [6, 6.07) is 29.3. The van der Waals surface area contributed by atoms with Gasteiger partial charge in [-0.2, -0.15) is 0 Å². The summed E-state index contributed by atoms with van der Waals surface area (Å²) in [5.41, 5.74) is 11.9. The van der Waals surface area contributed by atoms with Crippen molar-refractivity contribution in [3.63, 3.8) is 0 Å². The Kier molecular flexibility index (Phi) is 5.17. The highest BCUT2D eigenvalue weighted by atomic mass is 32.1. The average Bonchev–Trinajstić information content (AvgIpc) is 3.17. The first-order valence-electron chi connectivity index (χ1n) is 10.2. The molecule has 3 aromatic carbocycles. The van der Waals surface area contributed by atoms with E-state index < -0.39 is 5.97 Å². The molecule has 5 rings (SSSR count). The Balaban J connectivity index is 1.69. The maximum Gasteiger partial charge on any atom is 0.355 e. The van der Waals surface area contributed by atoms with Crippen molar-refractivity contribution in [2.45, 2.75) is 6.92 Å². The number of rotatable bonds is 4. The van der Waals surface area contributed by atoms with Gasteiger partial charge in [0.15, 0.2) is 0 Å². The number of thiophene rings is 1. The van der Waals surface area contributed by atoms with Gasteiger partial charge in [-0.1, -0.05) is 78.4 Å². The van der Waals surface area contributed by atoms with Crippen molar-refractivity contribution in [1.29, 1.82) is 0 Å². The van der Waals surface area contributed by atoms with E-state index in [4.69, 9.17) is 15.5 Å². The van der Waals surface area contributed by atoms with E-state index in [1.165, 1.54) is 16.9 Å². The zero-order valence-corrected chi connectivity index (χ0v) is 18.2. The van der Waals surface area contributed by atoms with Crippen LogP contribution in [0.4, 0.5) is 5.69 Å². The Hall–Kier alpha value is -3.96. The molecular formula is C27H20N2O2S. The number of aromatic nitrogens is 1. The van der Waals surface area contributed by atoms with Crippen molar-refractivity contribution >= 4 is 33.2 Å². The fourth-order valence-electron chi connectivity index (χ4n) is 3.63. The maximum absolute atomic E-state index is 12.9. The predicted molar refractivity (Wildman–Crippen MR) is 131 cm³/mol. The summed E-state index contributed by atoms with van der Waals surface area (Å²) in [4.78, 5) is 18.8. The van der Waals surface area contributed by atoms with E-state index in [1.807, 2.05) is 54.6 Å². The molecule has 0 aliphatic carbocycles. The van der Waals surface area contributed by atoms with Crippen molar-refractivity contribution < 1.29 is 9.53 Å². The van der Waals surface area contributed by atoms with Gasteiger partial charge in [0.25, 0.3) is 0 Å². The number of pyridine rings is 1. The second kappa shape index (κ2) is 8.29. The summed E-state index contributed by atoms with van der Waals surface area (Å²) in [7, 11) is 0. The molecule has 0 spiro atoms. The number of benzene rings is 3. The van der Waals surface area contributed by atoms with Gasteiger partial charge in [-0.3, -0.25) is 0 Å². The first kappa shape index (κ1) is 20.0. The van der Waals surface area contributed by atoms with Gasteiger partial charge < -0.3 is 10.5 Å². The normalized spacial score (nSPS) is 10.9. The maximum atomic E-state index is 12.9. The van der Waals surface area contributed by atoms with Crippen LogP contribution in [-0.2, 0) is 0 Å². The Bertz CT molecular complexity index is 1410. The largest absolute Gasteiger partial charge is 0.422 e. The minimum Gasteiger partial charge on any atom is -0.422 e. The van der Waals surface area contributed by atoms with Crippen LogP contribution in [-0.4, -0.2) is 11.0 Å². The minimum absolute atomic E-state index is 0.356. The third-order valence-electron chi connectivity index (χ3n) is 5.27. The molecule has 0 amide bonds. The fourth-order valence-corrected chi connectivity index (χ4v) is 4.63. The zero-order valence-electron chi connectivity index (χ0n) is 17.4. The van der Waals surface area contributed by atoms with Crippen molar-refractivity contribution in [3.8, 4) is 28.1 Å². The van der Waals surface area contributed by atoms with Crippen LogP contribution < -0.4 is 10.5 Å². The molecule has 0 aliphatic rings. The van der Waals surface area contributed by atoms with E-state index in [2.05, 4.69) is 31.2 Å². The number of nitrogens with two attached hydrogens (primary N) is 1. The van der Waals surface area contributed by atoms with Gasteiger partial charge in [0, 0.05) is 10.9 Å². The molecule has 156 valence electrons. The molecule has 0 atom stereocenters. The van der Waals surface area contributed by atoms with Crippen molar-refractivity contribution in [2.24, 2.45) is 0 Å². The zero-order chi connectivity index (χ0) is 22.1. The first-order valence-corrected chi connectivity index (χ1v) is 11.0. The highest BCUT2D eigenvalue weighted by Gasteiger charge is 2.23. The van der Waals surface area contributed by atoms with Gasteiger partial charge in [-0.05, 0) is 36.2 Å². The van der Waals surface area contributed by atoms with E-state index in [0.717, 1.165) is 27.8 Å². The average molecular weight is 437 g/mol. The van der Waals surface area contributed by atoms with Crippen LogP contribution in [0.5, 0.6) is 5.75 Å². The van der Waals surface area contributed by atoms with Gasteiger partial charge in [-0.25, -0.2) is 9.78 Å². The van der Waals surface area contributed by atoms with Gasteiger partial charge in [0.05, 0.1) is 11.4 Å². The number of anilines is 1. The summed E-state index contributed by atoms with van der Waals surface area (Å²) in [5.74, 6) is -0.00105. The number of aryl methyl sites for hydroxylation is 1. The summed E-state index contributed by atoms with van der Waals surface area (Å²) >= 11 is 1.26. The Labute approximate surface area is 189 Å². The molecular weight excluding hydrogens is 416 g/mol. The highest BCUT2D eigenvalue weighted by Crippen LogP contribution is 2.41. The summed E-state index contributed by atoms with van der Waals surface area (Å²) in [5, 5.41) is 0.776. The lowest BCUT2D eigenvalue weighted by molar-refractivity contribution is 0.0741. The second-order valence-corrected chi connectivity index (χ2v) is 8.51. The summed E-state index contributed by atoms with van der Waals surface area (Å²) < 4.78 is 5.55. The highest BCUT2D eigenvalue weighted by molar-refractivity contribution is 7.21. The van der Waals surface area contributed by atoms with Gasteiger partial charge in [-0.15, -0.1) is 11.3 Å². The van der Waals surface area contributed by atoms with Crippen LogP contribution in [0.25, 0.3) is 32.6 Å². The lowest BCUT2D eigenvalue weighted by Gasteiger charge is -2.09. The van der Waals surface area contributed by atoms with Crippen LogP contribution in [0.1, 0.15) is 15.2 Å². The SMILES string of the molecule is Cc1ccc(-c2cc(-c3ccccc3)nc3sc(C(=O)Oc4ccccc4)c(N)c23)cc1. The van der Waals surface area contributed by atoms with E-state index in [0.29, 0.717) is 21.1 Å². The Morgan fingerprint density at radius 1 is 0.875 bits per heavy atom. The van der Waals surface area contributed by atoms with Crippen LogP contribution in [0, 0.1) is 6.92 Å². The molecule has 0 radical (unpaired) electrons. The number of para-hydroxylation sites is 1. The molecule has 0 fully saturated rings. The molecule has 5 heteroatoms. The third-order valence-corrected chi connectivity index (χ3v) is 6.35. The number of nitrogen functional groups attached to an aromatic ring is 1. The van der Waals surface area contributed by atoms with Crippen LogP contribution in [0.15, 0.2) is 91.0 Å². The van der Waals surface area contributed by atoms with Crippen molar-refractivity contribution in [3.05, 3.63) is 101 Å². The van der Waals surface area contributed by atoms with E-state index in [-0.39, 0.29) is 0 Å². The molecule has 5 aromatic rings. The molecule has 0 aliphatic heterocycles. The minimum atomic E-state index is -0.479. The van der Waals surface area contributed by atoms with Crippen molar-refractivity contribution in [2.75, 3.05) is 5.73 Å². The summed E-state index contributed by atoms with van der Waals surface area (Å²) in [6.07, 6.45) is 0. The monoisotopic (exact) mass is 436 g/mol. The number of carbonyl (C=O) groups is 1. The van der Waals surface area contributed by atoms with Gasteiger partial charge >= 0.3 is 5.97 Å². The Morgan fingerprint density at radius 3 is 2.22 bits per heavy atom. The van der Waals surface area contributed by atoms with Crippen LogP contribution in [0.2, 0.25) is 0 Å². The first-order chi connectivity index (χ1) is 15.6. The molecule has 2 aromatic heterocycles. The molecule has 2 heterocycles. The smallest absolute Gasteiger partial charge is 0.355 e. The number of hydrogen-bond acceptors (Lipinski definition) is 5. The molecule has 4 nitrogen and oxygen atoms in total. The molecule has 0 saturated heterocycles. The number of fused-ring (bicyclic) bond motifs is 1. The molecule has 0 bridgehead atoms. The van der Waals surface area contributed by atoms with Crippen LogP contribution in [0.3, 0.4) is 0 Å². The number of esters is 1. The van der Waals surface area contributed by atoms with E-state index in [9.17, 15) is 4.79 Å². The van der Waals surface area contributed by atoms with Gasteiger partial charge in [0.1, 0.15) is 15.5 Å². The topological polar surface area (TPSA) is 65.2 Å². The van der Waals surface area contributed by atoms with E-state index in [1.54, 1.807) is 12.1 Å². The summed E-state index contributed by atoms with van der Waals surface area (Å²) in [6.45, 7) is 2.05. The quantitative estimate of drug-likeness (QED) is 0.250. The number of ether oxygens (including phenoxy) is 1. The lowest BCUT2D eigenvalue weighted by atomic mass is 9.99. The number of carbonyl (C=O) groups excluding carboxylic acids is 1. The van der Waals surface area contributed by atoms with Gasteiger partial charge in [0.2, 0.25) is 0 Å². The standard InChI is InChI=1S/C27H20N2O2S/c1-17-12-14-18(15-13-17)21-16-22(19-8-4-2-5-9-19)29-26-23(21)24(28)25(32-26)27(30)31-20-10-6-3-7-11-20/h2-16H,28H2,1H3. The molecule has 0 unspecified atom stereocenters. The Morgan fingerprint density at radius 2 is 1.53 bits per heavy atom. The molecule has 32 heavy (non-hydrogen) atoms. The lowest BCUT2D eigenvalue weighted by Crippen LogP contribution is -2.08. The number of hydrogen-bond donors (Lipinski definition) is 1. The fraction of sp³-hybridized carbons (Fsp3) is 0.0370. The third kappa shape index (κ3) is 3.74. The predicted octanol–water partition coefficient (Wildman–Crippen LogP) is 6.74. The van der Waals surface area contributed by atoms with E-state index >= 15 is 0 Å².